The van der Waals surface area contributed by atoms with E-state index in [0.717, 1.165) is 39.0 Å². The van der Waals surface area contributed by atoms with Crippen LogP contribution in [-0.4, -0.2) is 42.0 Å². The summed E-state index contributed by atoms with van der Waals surface area (Å²) < 4.78 is 5.50. The maximum absolute atomic E-state index is 13.0. The highest BCUT2D eigenvalue weighted by Crippen LogP contribution is 2.32. The van der Waals surface area contributed by atoms with Crippen LogP contribution in [0.4, 0.5) is 0 Å². The van der Waals surface area contributed by atoms with Gasteiger partial charge in [0, 0.05) is 18.7 Å². The van der Waals surface area contributed by atoms with Crippen molar-refractivity contribution in [1.29, 1.82) is 0 Å². The van der Waals surface area contributed by atoms with E-state index >= 15 is 0 Å². The van der Waals surface area contributed by atoms with E-state index in [-0.39, 0.29) is 30.7 Å². The van der Waals surface area contributed by atoms with Gasteiger partial charge in [-0.1, -0.05) is 23.7 Å². The summed E-state index contributed by atoms with van der Waals surface area (Å²) in [6.45, 7) is 3.69. The first-order valence-corrected chi connectivity index (χ1v) is 8.80. The lowest BCUT2D eigenvalue weighted by Crippen LogP contribution is -2.33. The molecule has 1 aromatic heterocycles. The maximum Gasteiger partial charge on any atom is 0.276 e. The van der Waals surface area contributed by atoms with Gasteiger partial charge in [-0.15, -0.1) is 24.8 Å². The van der Waals surface area contributed by atoms with E-state index in [1.807, 2.05) is 23.1 Å². The topological polar surface area (TPSA) is 58.4 Å². The number of carbonyl (C=O) groups is 1. The van der Waals surface area contributed by atoms with E-state index < -0.39 is 0 Å². The molecule has 1 N–H and O–H groups in total. The molecule has 142 valence electrons. The van der Waals surface area contributed by atoms with Crippen LogP contribution in [0.2, 0.25) is 5.02 Å². The zero-order chi connectivity index (χ0) is 16.5. The van der Waals surface area contributed by atoms with E-state index in [1.165, 1.54) is 6.39 Å². The number of amides is 1. The molecule has 5 nitrogen and oxygen atoms in total. The number of likely N-dealkylation sites (tertiary alicyclic amines) is 1. The van der Waals surface area contributed by atoms with E-state index in [4.69, 9.17) is 16.0 Å². The predicted molar refractivity (Wildman–Crippen MR) is 106 cm³/mol. The van der Waals surface area contributed by atoms with Gasteiger partial charge in [0.05, 0.1) is 5.02 Å². The number of nitrogens with one attached hydrogen (secondary N) is 1. The Morgan fingerprint density at radius 3 is 2.46 bits per heavy atom. The van der Waals surface area contributed by atoms with Crippen LogP contribution in [0.3, 0.4) is 0 Å². The molecule has 1 aromatic carbocycles. The second-order valence-corrected chi connectivity index (χ2v) is 6.97. The molecule has 2 atom stereocenters. The molecule has 1 amide bonds. The normalized spacial score (nSPS) is 22.0. The summed E-state index contributed by atoms with van der Waals surface area (Å²) in [4.78, 5) is 19.1. The van der Waals surface area contributed by atoms with Crippen molar-refractivity contribution < 1.29 is 9.21 Å². The van der Waals surface area contributed by atoms with E-state index in [0.29, 0.717) is 33.9 Å². The Labute approximate surface area is 170 Å². The highest BCUT2D eigenvalue weighted by Gasteiger charge is 2.33. The standard InChI is InChI=1S/C18H20ClN3O2.2ClH/c19-15-4-2-1-3-14(15)17-16(21-11-24-17)18(23)22-7-5-12-9-20-10-13(12)6-8-22;;/h1-4,11-13,20H,5-10H2;2*1H/t12-,13+;;. The Bertz CT molecular complexity index is 739. The second kappa shape index (κ2) is 9.09. The molecule has 2 aromatic rings. The Balaban J connectivity index is 0.00000121. The lowest BCUT2D eigenvalue weighted by atomic mass is 9.92. The summed E-state index contributed by atoms with van der Waals surface area (Å²) in [6.07, 6.45) is 3.41. The van der Waals surface area contributed by atoms with Gasteiger partial charge in [-0.2, -0.15) is 0 Å². The van der Waals surface area contributed by atoms with Gasteiger partial charge in [-0.05, 0) is 49.9 Å². The van der Waals surface area contributed by atoms with Crippen LogP contribution in [0.15, 0.2) is 35.1 Å². The van der Waals surface area contributed by atoms with Gasteiger partial charge in [0.2, 0.25) is 0 Å². The number of hydrogen-bond acceptors (Lipinski definition) is 4. The van der Waals surface area contributed by atoms with Gasteiger partial charge in [0.25, 0.3) is 5.91 Å². The molecule has 2 fully saturated rings. The van der Waals surface area contributed by atoms with Crippen molar-refractivity contribution >= 4 is 42.3 Å². The molecule has 0 bridgehead atoms. The lowest BCUT2D eigenvalue weighted by Gasteiger charge is -2.20. The third-order valence-electron chi connectivity index (χ3n) is 5.20. The van der Waals surface area contributed by atoms with Gasteiger partial charge in [0.1, 0.15) is 0 Å². The smallest absolute Gasteiger partial charge is 0.276 e. The van der Waals surface area contributed by atoms with Crippen LogP contribution >= 0.6 is 36.4 Å². The van der Waals surface area contributed by atoms with Crippen molar-refractivity contribution in [3.05, 3.63) is 41.4 Å². The average molecular weight is 419 g/mol. The highest BCUT2D eigenvalue weighted by atomic mass is 35.5. The molecule has 8 heteroatoms. The molecular formula is C18H22Cl3N3O2. The van der Waals surface area contributed by atoms with Gasteiger partial charge >= 0.3 is 0 Å². The summed E-state index contributed by atoms with van der Waals surface area (Å²) in [7, 11) is 0. The van der Waals surface area contributed by atoms with Gasteiger partial charge in [0.15, 0.2) is 17.8 Å². The molecule has 0 radical (unpaired) electrons. The van der Waals surface area contributed by atoms with Crippen LogP contribution < -0.4 is 5.32 Å². The average Bonchev–Trinajstić information content (AvgIpc) is 3.20. The van der Waals surface area contributed by atoms with Crippen molar-refractivity contribution in [2.45, 2.75) is 12.8 Å². The van der Waals surface area contributed by atoms with Crippen molar-refractivity contribution in [1.82, 2.24) is 15.2 Å². The van der Waals surface area contributed by atoms with Gasteiger partial charge in [-0.3, -0.25) is 4.79 Å². The van der Waals surface area contributed by atoms with E-state index in [2.05, 4.69) is 10.3 Å². The van der Waals surface area contributed by atoms with E-state index in [9.17, 15) is 4.79 Å². The van der Waals surface area contributed by atoms with Crippen molar-refractivity contribution in [2.24, 2.45) is 11.8 Å². The van der Waals surface area contributed by atoms with Crippen LogP contribution in [-0.2, 0) is 0 Å². The number of rotatable bonds is 2. The first-order chi connectivity index (χ1) is 11.7. The predicted octanol–water partition coefficient (Wildman–Crippen LogP) is 3.91. The third kappa shape index (κ3) is 4.01. The van der Waals surface area contributed by atoms with Crippen molar-refractivity contribution in [3.8, 4) is 11.3 Å². The molecule has 0 saturated carbocycles. The largest absolute Gasteiger partial charge is 0.443 e. The molecule has 2 aliphatic heterocycles. The monoisotopic (exact) mass is 417 g/mol. The quantitative estimate of drug-likeness (QED) is 0.803. The molecule has 2 saturated heterocycles. The molecule has 0 unspecified atom stereocenters. The molecule has 0 aliphatic carbocycles. The first-order valence-electron chi connectivity index (χ1n) is 8.42. The minimum absolute atomic E-state index is 0. The summed E-state index contributed by atoms with van der Waals surface area (Å²) in [5.74, 6) is 1.76. The van der Waals surface area contributed by atoms with Crippen LogP contribution in [0.5, 0.6) is 0 Å². The van der Waals surface area contributed by atoms with Crippen LogP contribution in [0.1, 0.15) is 23.3 Å². The summed E-state index contributed by atoms with van der Waals surface area (Å²) in [6, 6.07) is 7.36. The van der Waals surface area contributed by atoms with Crippen molar-refractivity contribution in [3.63, 3.8) is 0 Å². The molecule has 0 spiro atoms. The fraction of sp³-hybridized carbons (Fsp3) is 0.444. The Kier molecular flexibility index (Phi) is 7.35. The molecule has 4 rings (SSSR count). The number of benzene rings is 1. The molecule has 2 aliphatic rings. The number of fused-ring (bicyclic) bond motifs is 1. The summed E-state index contributed by atoms with van der Waals surface area (Å²) in [5, 5.41) is 4.01. The van der Waals surface area contributed by atoms with Crippen LogP contribution in [0.25, 0.3) is 11.3 Å². The van der Waals surface area contributed by atoms with Crippen LogP contribution in [0, 0.1) is 11.8 Å². The molecule has 26 heavy (non-hydrogen) atoms. The number of halogens is 3. The van der Waals surface area contributed by atoms with Crippen molar-refractivity contribution in [2.75, 3.05) is 26.2 Å². The van der Waals surface area contributed by atoms with E-state index in [1.54, 1.807) is 6.07 Å². The number of hydrogen-bond donors (Lipinski definition) is 1. The molecular weight excluding hydrogens is 397 g/mol. The maximum atomic E-state index is 13.0. The van der Waals surface area contributed by atoms with Gasteiger partial charge in [-0.25, -0.2) is 4.98 Å². The fourth-order valence-electron chi connectivity index (χ4n) is 3.81. The first kappa shape index (κ1) is 21.0. The highest BCUT2D eigenvalue weighted by molar-refractivity contribution is 6.33. The Morgan fingerprint density at radius 1 is 1.15 bits per heavy atom. The number of aromatic nitrogens is 1. The number of oxazole rings is 1. The summed E-state index contributed by atoms with van der Waals surface area (Å²) in [5.41, 5.74) is 1.06. The fourth-order valence-corrected chi connectivity index (χ4v) is 4.03. The Hall–Kier alpha value is -1.27. The zero-order valence-electron chi connectivity index (χ0n) is 14.2. The minimum atomic E-state index is -0.0633. The number of carbonyl (C=O) groups excluding carboxylic acids is 1. The lowest BCUT2D eigenvalue weighted by molar-refractivity contribution is 0.0753. The SMILES string of the molecule is Cl.Cl.O=C(c1ncoc1-c1ccccc1Cl)N1CC[C@@H]2CNC[C@@H]2CC1. The van der Waals surface area contributed by atoms with Gasteiger partial charge < -0.3 is 14.6 Å². The minimum Gasteiger partial charge on any atom is -0.443 e. The zero-order valence-corrected chi connectivity index (χ0v) is 16.6. The number of nitrogens with zero attached hydrogens (tertiary/aromatic N) is 2. The second-order valence-electron chi connectivity index (χ2n) is 6.56. The third-order valence-corrected chi connectivity index (χ3v) is 5.52. The Morgan fingerprint density at radius 2 is 1.81 bits per heavy atom. The molecule has 3 heterocycles. The summed E-state index contributed by atoms with van der Waals surface area (Å²) >= 11 is 6.25.